The lowest BCUT2D eigenvalue weighted by atomic mass is 9.85. The first kappa shape index (κ1) is 19.2. The van der Waals surface area contributed by atoms with E-state index in [4.69, 9.17) is 9.84 Å². The maximum atomic E-state index is 12.2. The van der Waals surface area contributed by atoms with E-state index in [1.807, 2.05) is 6.07 Å². The van der Waals surface area contributed by atoms with Crippen LogP contribution in [0.4, 0.5) is 0 Å². The molecule has 28 heavy (non-hydrogen) atoms. The lowest BCUT2D eigenvalue weighted by Crippen LogP contribution is -2.55. The fourth-order valence-electron chi connectivity index (χ4n) is 4.37. The highest BCUT2D eigenvalue weighted by Crippen LogP contribution is 2.33. The van der Waals surface area contributed by atoms with Gasteiger partial charge in [0.1, 0.15) is 5.75 Å². The Labute approximate surface area is 166 Å². The van der Waals surface area contributed by atoms with Crippen LogP contribution < -0.4 is 10.1 Å². The van der Waals surface area contributed by atoms with E-state index < -0.39 is 5.97 Å². The molecule has 0 aromatic heterocycles. The number of fused-ring (bicyclic) bond motifs is 1. The number of carboxylic acids is 1. The van der Waals surface area contributed by atoms with Gasteiger partial charge in [-0.25, -0.2) is 0 Å². The molecule has 6 nitrogen and oxygen atoms in total. The predicted molar refractivity (Wildman–Crippen MR) is 105 cm³/mol. The molecular weight excluding hydrogens is 356 g/mol. The molecule has 2 saturated carbocycles. The van der Waals surface area contributed by atoms with Crippen molar-refractivity contribution in [3.05, 3.63) is 29.3 Å². The first-order chi connectivity index (χ1) is 13.6. The fourth-order valence-corrected chi connectivity index (χ4v) is 4.37. The van der Waals surface area contributed by atoms with Crippen LogP contribution in [0.3, 0.4) is 0 Å². The Bertz CT molecular complexity index is 725. The van der Waals surface area contributed by atoms with Crippen molar-refractivity contribution in [2.75, 3.05) is 19.7 Å². The highest BCUT2D eigenvalue weighted by atomic mass is 16.5. The molecule has 1 aromatic rings. The van der Waals surface area contributed by atoms with Crippen LogP contribution in [0.25, 0.3) is 0 Å². The number of amides is 1. The van der Waals surface area contributed by atoms with Gasteiger partial charge in [0.05, 0.1) is 6.54 Å². The molecule has 2 N–H and O–H groups in total. The second kappa shape index (κ2) is 8.52. The fraction of sp³-hybridized carbons (Fsp3) is 0.636. The van der Waals surface area contributed by atoms with Gasteiger partial charge in [-0.1, -0.05) is 6.07 Å². The molecule has 0 unspecified atom stereocenters. The molecular formula is C22H30N2O4. The van der Waals surface area contributed by atoms with Crippen molar-refractivity contribution >= 4 is 11.9 Å². The number of carbonyl (C=O) groups excluding carboxylic acids is 1. The lowest BCUT2D eigenvalue weighted by Gasteiger charge is -2.42. The second-order valence-corrected chi connectivity index (χ2v) is 8.58. The van der Waals surface area contributed by atoms with E-state index in [9.17, 15) is 9.59 Å². The number of carboxylic acid groups (broad SMARTS) is 1. The van der Waals surface area contributed by atoms with Crippen LogP contribution in [0, 0.1) is 5.92 Å². The Morgan fingerprint density at radius 1 is 1.14 bits per heavy atom. The third-order valence-electron chi connectivity index (χ3n) is 6.21. The average molecular weight is 386 g/mol. The van der Waals surface area contributed by atoms with Crippen molar-refractivity contribution in [2.45, 2.75) is 63.5 Å². The van der Waals surface area contributed by atoms with E-state index in [1.165, 1.54) is 36.8 Å². The molecule has 1 amide bonds. The van der Waals surface area contributed by atoms with Crippen LogP contribution in [0.1, 0.15) is 49.7 Å². The molecule has 152 valence electrons. The Kier molecular flexibility index (Phi) is 5.85. The Balaban J connectivity index is 1.19. The molecule has 0 aliphatic heterocycles. The lowest BCUT2D eigenvalue weighted by molar-refractivity contribution is -0.140. The first-order valence-electron chi connectivity index (χ1n) is 10.6. The summed E-state index contributed by atoms with van der Waals surface area (Å²) in [4.78, 5) is 25.4. The van der Waals surface area contributed by atoms with Gasteiger partial charge in [-0.3, -0.25) is 14.5 Å². The van der Waals surface area contributed by atoms with Gasteiger partial charge < -0.3 is 15.2 Å². The summed E-state index contributed by atoms with van der Waals surface area (Å²) in [6, 6.07) is 6.54. The number of ether oxygens (including phenoxy) is 1. The van der Waals surface area contributed by atoms with Crippen molar-refractivity contribution in [1.82, 2.24) is 10.2 Å². The molecule has 6 heteroatoms. The van der Waals surface area contributed by atoms with Gasteiger partial charge in [-0.2, -0.15) is 0 Å². The van der Waals surface area contributed by atoms with E-state index in [-0.39, 0.29) is 31.1 Å². The summed E-state index contributed by atoms with van der Waals surface area (Å²) in [7, 11) is 0. The van der Waals surface area contributed by atoms with E-state index in [0.29, 0.717) is 5.92 Å². The molecule has 4 rings (SSSR count). The molecule has 0 heterocycles. The smallest absolute Gasteiger partial charge is 0.317 e. The predicted octanol–water partition coefficient (Wildman–Crippen LogP) is 2.39. The summed E-state index contributed by atoms with van der Waals surface area (Å²) in [6.45, 7) is 1.00. The molecule has 2 fully saturated rings. The molecule has 0 saturated heterocycles. The van der Waals surface area contributed by atoms with Crippen LogP contribution in [0.2, 0.25) is 0 Å². The summed E-state index contributed by atoms with van der Waals surface area (Å²) in [6.07, 6.45) is 8.78. The van der Waals surface area contributed by atoms with Crippen LogP contribution in [-0.4, -0.2) is 53.7 Å². The zero-order valence-corrected chi connectivity index (χ0v) is 16.4. The number of hydrogen-bond acceptors (Lipinski definition) is 4. The van der Waals surface area contributed by atoms with E-state index in [2.05, 4.69) is 22.3 Å². The zero-order chi connectivity index (χ0) is 19.5. The number of benzene rings is 1. The highest BCUT2D eigenvalue weighted by Gasteiger charge is 2.37. The number of nitrogens with one attached hydrogen (secondary N) is 1. The van der Waals surface area contributed by atoms with E-state index in [0.717, 1.165) is 38.0 Å². The zero-order valence-electron chi connectivity index (χ0n) is 16.4. The summed E-state index contributed by atoms with van der Waals surface area (Å²) in [5.41, 5.74) is 2.75. The van der Waals surface area contributed by atoms with E-state index in [1.54, 1.807) is 0 Å². The molecule has 0 atom stereocenters. The summed E-state index contributed by atoms with van der Waals surface area (Å²) in [5, 5.41) is 12.1. The standard InChI is InChI=1S/C22H30N2O4/c25-21(14-28-20-8-7-16-3-1-2-4-17(16)9-20)23-18-10-19(11-18)24(13-22(26)27)12-15-5-6-15/h7-9,15,18-19H,1-6,10-14H2,(H,23,25)(H,26,27). The largest absolute Gasteiger partial charge is 0.484 e. The number of rotatable bonds is 9. The topological polar surface area (TPSA) is 78.9 Å². The Morgan fingerprint density at radius 2 is 1.89 bits per heavy atom. The number of nitrogens with zero attached hydrogens (tertiary/aromatic N) is 1. The van der Waals surface area contributed by atoms with E-state index >= 15 is 0 Å². The van der Waals surface area contributed by atoms with Crippen LogP contribution in [0.15, 0.2) is 18.2 Å². The monoisotopic (exact) mass is 386 g/mol. The summed E-state index contributed by atoms with van der Waals surface area (Å²) >= 11 is 0. The molecule has 1 aromatic carbocycles. The minimum absolute atomic E-state index is 0.0286. The number of aryl methyl sites for hydroxylation is 2. The maximum Gasteiger partial charge on any atom is 0.317 e. The summed E-state index contributed by atoms with van der Waals surface area (Å²) in [5.74, 6) is 0.553. The van der Waals surface area contributed by atoms with Gasteiger partial charge >= 0.3 is 5.97 Å². The number of carbonyl (C=O) groups is 2. The third kappa shape index (κ3) is 5.04. The van der Waals surface area contributed by atoms with Crippen LogP contribution in [0.5, 0.6) is 5.75 Å². The molecule has 3 aliphatic rings. The van der Waals surface area contributed by atoms with Crippen molar-refractivity contribution in [2.24, 2.45) is 5.92 Å². The van der Waals surface area contributed by atoms with Crippen molar-refractivity contribution in [3.63, 3.8) is 0 Å². The Morgan fingerprint density at radius 3 is 2.61 bits per heavy atom. The van der Waals surface area contributed by atoms with Gasteiger partial charge in [0, 0.05) is 18.6 Å². The van der Waals surface area contributed by atoms with Crippen molar-refractivity contribution < 1.29 is 19.4 Å². The normalized spacial score (nSPS) is 23.6. The van der Waals surface area contributed by atoms with Gasteiger partial charge in [0.25, 0.3) is 5.91 Å². The second-order valence-electron chi connectivity index (χ2n) is 8.58. The molecule has 0 bridgehead atoms. The SMILES string of the molecule is O=C(O)CN(CC1CC1)C1CC(NC(=O)COc2ccc3c(c2)CCCC3)C1. The van der Waals surface area contributed by atoms with Gasteiger partial charge in [0.2, 0.25) is 0 Å². The third-order valence-corrected chi connectivity index (χ3v) is 6.21. The molecule has 0 radical (unpaired) electrons. The van der Waals surface area contributed by atoms with Gasteiger partial charge in [-0.05, 0) is 80.5 Å². The average Bonchev–Trinajstić information content (AvgIpc) is 3.45. The number of hydrogen-bond donors (Lipinski definition) is 2. The number of aliphatic carboxylic acids is 1. The van der Waals surface area contributed by atoms with Crippen LogP contribution >= 0.6 is 0 Å². The van der Waals surface area contributed by atoms with Crippen LogP contribution in [-0.2, 0) is 22.4 Å². The summed E-state index contributed by atoms with van der Waals surface area (Å²) < 4.78 is 5.69. The molecule has 0 spiro atoms. The first-order valence-corrected chi connectivity index (χ1v) is 10.6. The maximum absolute atomic E-state index is 12.2. The van der Waals surface area contributed by atoms with Crippen molar-refractivity contribution in [1.29, 1.82) is 0 Å². The van der Waals surface area contributed by atoms with Gasteiger partial charge in [-0.15, -0.1) is 0 Å². The minimum Gasteiger partial charge on any atom is -0.484 e. The Hall–Kier alpha value is -2.08. The minimum atomic E-state index is -0.772. The molecule has 3 aliphatic carbocycles. The van der Waals surface area contributed by atoms with Gasteiger partial charge in [0.15, 0.2) is 6.61 Å². The quantitative estimate of drug-likeness (QED) is 0.681. The van der Waals surface area contributed by atoms with Crippen molar-refractivity contribution in [3.8, 4) is 5.75 Å². The highest BCUT2D eigenvalue weighted by molar-refractivity contribution is 5.78.